The lowest BCUT2D eigenvalue weighted by Gasteiger charge is -2.07. The molecule has 1 N–H and O–H groups in total. The lowest BCUT2D eigenvalue weighted by molar-refractivity contribution is 0.0919. The maximum absolute atomic E-state index is 12.2. The Hall–Kier alpha value is -3.08. The smallest absolute Gasteiger partial charge is 0.287 e. The van der Waals surface area contributed by atoms with Crippen LogP contribution >= 0.6 is 0 Å². The highest BCUT2D eigenvalue weighted by molar-refractivity contribution is 5.91. The fourth-order valence-electron chi connectivity index (χ4n) is 3.14. The Labute approximate surface area is 152 Å². The number of aromatic nitrogens is 1. The Bertz CT molecular complexity index is 903. The van der Waals surface area contributed by atoms with Crippen LogP contribution in [0.1, 0.15) is 39.4 Å². The van der Waals surface area contributed by atoms with Crippen LogP contribution in [0.15, 0.2) is 59.3 Å². The van der Waals surface area contributed by atoms with Gasteiger partial charge in [-0.05, 0) is 72.4 Å². The lowest BCUT2D eigenvalue weighted by Crippen LogP contribution is -2.22. The summed E-state index contributed by atoms with van der Waals surface area (Å²) in [4.78, 5) is 16.1. The molecule has 132 valence electrons. The lowest BCUT2D eigenvalue weighted by atomic mass is 10.1. The van der Waals surface area contributed by atoms with Crippen molar-refractivity contribution in [3.05, 3.63) is 83.1 Å². The van der Waals surface area contributed by atoms with Gasteiger partial charge in [0.2, 0.25) is 0 Å². The highest BCUT2D eigenvalue weighted by atomic mass is 16.5. The molecule has 26 heavy (non-hydrogen) atoms. The van der Waals surface area contributed by atoms with Crippen LogP contribution in [0.25, 0.3) is 0 Å². The van der Waals surface area contributed by atoms with Gasteiger partial charge in [-0.15, -0.1) is 0 Å². The summed E-state index contributed by atoms with van der Waals surface area (Å²) in [5, 5.41) is 2.83. The summed E-state index contributed by atoms with van der Waals surface area (Å²) in [6.45, 7) is 0.736. The first kappa shape index (κ1) is 16.4. The molecule has 0 saturated heterocycles. The zero-order valence-corrected chi connectivity index (χ0v) is 14.4. The first-order valence-electron chi connectivity index (χ1n) is 8.78. The number of furan rings is 1. The molecule has 0 atom stereocenters. The second kappa shape index (κ2) is 7.44. The fraction of sp³-hybridized carbons (Fsp3) is 0.238. The predicted molar refractivity (Wildman–Crippen MR) is 96.9 cm³/mol. The SMILES string of the molecule is O=C(NCc1ccncc1)c1ccc(COc2ccc3c(c2)CCC3)o1. The second-order valence-corrected chi connectivity index (χ2v) is 6.38. The van der Waals surface area contributed by atoms with Crippen LogP contribution in [0.3, 0.4) is 0 Å². The van der Waals surface area contributed by atoms with Crippen LogP contribution in [0.4, 0.5) is 0 Å². The molecular formula is C21H20N2O3. The summed E-state index contributed by atoms with van der Waals surface area (Å²) in [5.74, 6) is 1.50. The van der Waals surface area contributed by atoms with Gasteiger partial charge < -0.3 is 14.5 Å². The molecule has 1 amide bonds. The summed E-state index contributed by atoms with van der Waals surface area (Å²) < 4.78 is 11.4. The summed E-state index contributed by atoms with van der Waals surface area (Å²) in [7, 11) is 0. The van der Waals surface area contributed by atoms with Gasteiger partial charge in [-0.1, -0.05) is 6.07 Å². The minimum Gasteiger partial charge on any atom is -0.486 e. The summed E-state index contributed by atoms with van der Waals surface area (Å²) in [6, 6.07) is 13.4. The molecule has 0 radical (unpaired) electrons. The largest absolute Gasteiger partial charge is 0.486 e. The van der Waals surface area contributed by atoms with Crippen LogP contribution in [-0.4, -0.2) is 10.9 Å². The Morgan fingerprint density at radius 1 is 1.08 bits per heavy atom. The number of carbonyl (C=O) groups excluding carboxylic acids is 1. The molecule has 0 spiro atoms. The van der Waals surface area contributed by atoms with Gasteiger partial charge in [-0.2, -0.15) is 0 Å². The topological polar surface area (TPSA) is 64.4 Å². The first-order chi connectivity index (χ1) is 12.8. The van der Waals surface area contributed by atoms with Gasteiger partial charge >= 0.3 is 0 Å². The number of benzene rings is 1. The average molecular weight is 348 g/mol. The molecule has 0 aliphatic heterocycles. The van der Waals surface area contributed by atoms with Crippen LogP contribution in [0.2, 0.25) is 0 Å². The number of nitrogens with one attached hydrogen (secondary N) is 1. The number of hydrogen-bond donors (Lipinski definition) is 1. The van der Waals surface area contributed by atoms with E-state index in [0.717, 1.165) is 24.2 Å². The number of ether oxygens (including phenoxy) is 1. The summed E-state index contributed by atoms with van der Waals surface area (Å²) in [5.41, 5.74) is 3.78. The Balaban J connectivity index is 1.32. The van der Waals surface area contributed by atoms with Crippen molar-refractivity contribution in [1.82, 2.24) is 10.3 Å². The highest BCUT2D eigenvalue weighted by Crippen LogP contribution is 2.26. The van der Waals surface area contributed by atoms with Crippen LogP contribution in [-0.2, 0) is 26.0 Å². The van der Waals surface area contributed by atoms with Gasteiger partial charge in [0.15, 0.2) is 5.76 Å². The predicted octanol–water partition coefficient (Wildman–Crippen LogP) is 3.67. The molecule has 2 aromatic heterocycles. The number of hydrogen-bond acceptors (Lipinski definition) is 4. The Kier molecular flexibility index (Phi) is 4.69. The van der Waals surface area contributed by atoms with E-state index in [9.17, 15) is 4.79 Å². The molecule has 2 heterocycles. The quantitative estimate of drug-likeness (QED) is 0.738. The van der Waals surface area contributed by atoms with Gasteiger partial charge in [-0.3, -0.25) is 9.78 Å². The minimum atomic E-state index is -0.245. The molecule has 5 nitrogen and oxygen atoms in total. The standard InChI is InChI=1S/C21H20N2O3/c24-21(23-13-15-8-10-22-11-9-15)20-7-6-19(26-20)14-25-18-5-4-16-2-1-3-17(16)12-18/h4-12H,1-3,13-14H2,(H,23,24). The van der Waals surface area contributed by atoms with Gasteiger partial charge in [0.25, 0.3) is 5.91 Å². The average Bonchev–Trinajstić information content (AvgIpc) is 3.34. The van der Waals surface area contributed by atoms with Crippen LogP contribution < -0.4 is 10.1 Å². The molecule has 0 unspecified atom stereocenters. The van der Waals surface area contributed by atoms with Crippen molar-refractivity contribution in [1.29, 1.82) is 0 Å². The molecule has 1 aliphatic carbocycles. The third kappa shape index (κ3) is 3.77. The van der Waals surface area contributed by atoms with Gasteiger partial charge in [-0.25, -0.2) is 0 Å². The minimum absolute atomic E-state index is 0.245. The molecule has 1 aromatic carbocycles. The van der Waals surface area contributed by atoms with Crippen molar-refractivity contribution < 1.29 is 13.9 Å². The number of fused-ring (bicyclic) bond motifs is 1. The van der Waals surface area contributed by atoms with Gasteiger partial charge in [0.1, 0.15) is 18.1 Å². The van der Waals surface area contributed by atoms with Crippen molar-refractivity contribution in [3.8, 4) is 5.75 Å². The zero-order valence-electron chi connectivity index (χ0n) is 14.4. The molecule has 4 rings (SSSR count). The van der Waals surface area contributed by atoms with E-state index in [0.29, 0.717) is 18.9 Å². The molecule has 3 aromatic rings. The van der Waals surface area contributed by atoms with Gasteiger partial charge in [0.05, 0.1) is 0 Å². The van der Waals surface area contributed by atoms with E-state index in [1.165, 1.54) is 17.5 Å². The number of amides is 1. The highest BCUT2D eigenvalue weighted by Gasteiger charge is 2.13. The van der Waals surface area contributed by atoms with Crippen LogP contribution in [0, 0.1) is 0 Å². The van der Waals surface area contributed by atoms with E-state index in [-0.39, 0.29) is 11.7 Å². The molecule has 0 saturated carbocycles. The molecular weight excluding hydrogens is 328 g/mol. The van der Waals surface area contributed by atoms with Crippen molar-refractivity contribution >= 4 is 5.91 Å². The van der Waals surface area contributed by atoms with E-state index in [4.69, 9.17) is 9.15 Å². The number of pyridine rings is 1. The van der Waals surface area contributed by atoms with Crippen molar-refractivity contribution in [3.63, 3.8) is 0 Å². The normalized spacial score (nSPS) is 12.6. The fourth-order valence-corrected chi connectivity index (χ4v) is 3.14. The molecule has 5 heteroatoms. The number of aryl methyl sites for hydroxylation is 2. The van der Waals surface area contributed by atoms with Crippen molar-refractivity contribution in [2.45, 2.75) is 32.4 Å². The number of rotatable bonds is 6. The zero-order chi connectivity index (χ0) is 17.8. The maximum atomic E-state index is 12.2. The molecule has 0 fully saturated rings. The van der Waals surface area contributed by atoms with E-state index < -0.39 is 0 Å². The van der Waals surface area contributed by atoms with Crippen molar-refractivity contribution in [2.24, 2.45) is 0 Å². The molecule has 1 aliphatic rings. The van der Waals surface area contributed by atoms with Crippen LogP contribution in [0.5, 0.6) is 5.75 Å². The monoisotopic (exact) mass is 348 g/mol. The Morgan fingerprint density at radius 3 is 2.81 bits per heavy atom. The van der Waals surface area contributed by atoms with E-state index in [1.807, 2.05) is 18.2 Å². The maximum Gasteiger partial charge on any atom is 0.287 e. The number of carbonyl (C=O) groups is 1. The molecule has 0 bridgehead atoms. The van der Waals surface area contributed by atoms with E-state index in [1.54, 1.807) is 24.5 Å². The number of nitrogens with zero attached hydrogens (tertiary/aromatic N) is 1. The Morgan fingerprint density at radius 2 is 1.92 bits per heavy atom. The second-order valence-electron chi connectivity index (χ2n) is 6.38. The van der Waals surface area contributed by atoms with E-state index >= 15 is 0 Å². The summed E-state index contributed by atoms with van der Waals surface area (Å²) >= 11 is 0. The van der Waals surface area contributed by atoms with E-state index in [2.05, 4.69) is 22.4 Å². The van der Waals surface area contributed by atoms with Gasteiger partial charge in [0, 0.05) is 18.9 Å². The first-order valence-corrected chi connectivity index (χ1v) is 8.78. The van der Waals surface area contributed by atoms with Crippen molar-refractivity contribution in [2.75, 3.05) is 0 Å². The third-order valence-electron chi connectivity index (χ3n) is 4.54. The summed E-state index contributed by atoms with van der Waals surface area (Å²) in [6.07, 6.45) is 6.89. The third-order valence-corrected chi connectivity index (χ3v) is 4.54.